The Morgan fingerprint density at radius 2 is 2.00 bits per heavy atom. The third-order valence-electron chi connectivity index (χ3n) is 2.73. The van der Waals surface area contributed by atoms with E-state index >= 15 is 0 Å². The summed E-state index contributed by atoms with van der Waals surface area (Å²) in [5.74, 6) is -1.25. The minimum absolute atomic E-state index is 0.252. The lowest BCUT2D eigenvalue weighted by Gasteiger charge is -2.03. The number of carbonyl (C=O) groups is 2. The largest absolute Gasteiger partial charge is 0.480 e. The van der Waals surface area contributed by atoms with Gasteiger partial charge in [-0.2, -0.15) is 5.10 Å². The molecule has 0 saturated heterocycles. The Morgan fingerprint density at radius 3 is 2.70 bits per heavy atom. The minimum atomic E-state index is -0.996. The molecule has 0 atom stereocenters. The molecule has 0 aliphatic heterocycles. The summed E-state index contributed by atoms with van der Waals surface area (Å²) in [7, 11) is 0. The Bertz CT molecular complexity index is 593. The predicted molar refractivity (Wildman–Crippen MR) is 72.3 cm³/mol. The van der Waals surface area contributed by atoms with Gasteiger partial charge in [-0.1, -0.05) is 30.3 Å². The van der Waals surface area contributed by atoms with Crippen molar-refractivity contribution in [3.05, 3.63) is 53.9 Å². The zero-order valence-corrected chi connectivity index (χ0v) is 10.8. The van der Waals surface area contributed by atoms with Gasteiger partial charge in [0.05, 0.1) is 11.8 Å². The van der Waals surface area contributed by atoms with Crippen LogP contribution in [0.4, 0.5) is 0 Å². The van der Waals surface area contributed by atoms with E-state index in [4.69, 9.17) is 5.11 Å². The Hall–Kier alpha value is -2.63. The first-order valence-corrected chi connectivity index (χ1v) is 6.21. The van der Waals surface area contributed by atoms with E-state index in [0.717, 1.165) is 12.0 Å². The van der Waals surface area contributed by atoms with E-state index in [1.54, 1.807) is 0 Å². The Balaban J connectivity index is 1.83. The summed E-state index contributed by atoms with van der Waals surface area (Å²) in [6.45, 7) is 0.268. The molecule has 6 heteroatoms. The number of rotatable bonds is 6. The van der Waals surface area contributed by atoms with Crippen molar-refractivity contribution < 1.29 is 14.7 Å². The van der Waals surface area contributed by atoms with E-state index in [9.17, 15) is 9.59 Å². The molecule has 0 bridgehead atoms. The summed E-state index contributed by atoms with van der Waals surface area (Å²) in [5.41, 5.74) is 1.51. The topological polar surface area (TPSA) is 84.2 Å². The highest BCUT2D eigenvalue weighted by Gasteiger charge is 2.09. The van der Waals surface area contributed by atoms with Crippen LogP contribution in [-0.2, 0) is 17.8 Å². The molecule has 1 aromatic heterocycles. The summed E-state index contributed by atoms with van der Waals surface area (Å²) in [5, 5.41) is 15.2. The standard InChI is InChI=1S/C14H15N3O3/c18-13(19)10-17-9-12(8-16-17)14(20)15-7-6-11-4-2-1-3-5-11/h1-5,8-9H,6-7,10H2,(H,15,20)(H,18,19). The predicted octanol–water partition coefficient (Wildman–Crippen LogP) is 0.940. The molecular formula is C14H15N3O3. The van der Waals surface area contributed by atoms with Gasteiger partial charge in [-0.3, -0.25) is 14.3 Å². The van der Waals surface area contributed by atoms with Crippen LogP contribution in [0.1, 0.15) is 15.9 Å². The summed E-state index contributed by atoms with van der Waals surface area (Å²) >= 11 is 0. The third-order valence-corrected chi connectivity index (χ3v) is 2.73. The van der Waals surface area contributed by atoms with E-state index in [1.165, 1.54) is 17.1 Å². The average molecular weight is 273 g/mol. The molecule has 2 rings (SSSR count). The van der Waals surface area contributed by atoms with Gasteiger partial charge in [-0.05, 0) is 12.0 Å². The minimum Gasteiger partial charge on any atom is -0.480 e. The second-order valence-corrected chi connectivity index (χ2v) is 4.31. The number of carbonyl (C=O) groups excluding carboxylic acids is 1. The van der Waals surface area contributed by atoms with Crippen molar-refractivity contribution in [1.82, 2.24) is 15.1 Å². The quantitative estimate of drug-likeness (QED) is 0.820. The van der Waals surface area contributed by atoms with Gasteiger partial charge in [0.25, 0.3) is 5.91 Å². The first-order chi connectivity index (χ1) is 9.65. The fraction of sp³-hybridized carbons (Fsp3) is 0.214. The highest BCUT2D eigenvalue weighted by atomic mass is 16.4. The molecule has 20 heavy (non-hydrogen) atoms. The van der Waals surface area contributed by atoms with E-state index in [-0.39, 0.29) is 12.5 Å². The van der Waals surface area contributed by atoms with Crippen LogP contribution in [0.3, 0.4) is 0 Å². The Morgan fingerprint density at radius 1 is 1.25 bits per heavy atom. The maximum atomic E-state index is 11.8. The molecular weight excluding hydrogens is 258 g/mol. The highest BCUT2D eigenvalue weighted by molar-refractivity contribution is 5.93. The molecule has 0 aliphatic rings. The summed E-state index contributed by atoms with van der Waals surface area (Å²) in [6.07, 6.45) is 3.53. The molecule has 6 nitrogen and oxygen atoms in total. The second-order valence-electron chi connectivity index (χ2n) is 4.31. The number of nitrogens with one attached hydrogen (secondary N) is 1. The number of carboxylic acids is 1. The number of hydrogen-bond donors (Lipinski definition) is 2. The molecule has 0 unspecified atom stereocenters. The summed E-state index contributed by atoms with van der Waals surface area (Å²) in [6, 6.07) is 9.84. The molecule has 2 aromatic rings. The van der Waals surface area contributed by atoms with Crippen molar-refractivity contribution in [3.63, 3.8) is 0 Å². The Kier molecular flexibility index (Phi) is 4.49. The molecule has 0 fully saturated rings. The SMILES string of the molecule is O=C(O)Cn1cc(C(=O)NCCc2ccccc2)cn1. The van der Waals surface area contributed by atoms with Gasteiger partial charge in [0.15, 0.2) is 0 Å². The van der Waals surface area contributed by atoms with Gasteiger partial charge in [-0.15, -0.1) is 0 Å². The molecule has 2 N–H and O–H groups in total. The average Bonchev–Trinajstić information content (AvgIpc) is 2.87. The van der Waals surface area contributed by atoms with E-state index in [0.29, 0.717) is 12.1 Å². The van der Waals surface area contributed by atoms with Crippen LogP contribution < -0.4 is 5.32 Å². The number of nitrogens with zero attached hydrogens (tertiary/aromatic N) is 2. The smallest absolute Gasteiger partial charge is 0.325 e. The Labute approximate surface area is 116 Å². The lowest BCUT2D eigenvalue weighted by atomic mass is 10.1. The molecule has 1 heterocycles. The summed E-state index contributed by atoms with van der Waals surface area (Å²) < 4.78 is 1.22. The number of benzene rings is 1. The lowest BCUT2D eigenvalue weighted by molar-refractivity contribution is -0.137. The first-order valence-electron chi connectivity index (χ1n) is 6.21. The number of aromatic nitrogens is 2. The van der Waals surface area contributed by atoms with Gasteiger partial charge >= 0.3 is 5.97 Å². The molecule has 0 radical (unpaired) electrons. The number of carboxylic acid groups (broad SMARTS) is 1. The van der Waals surface area contributed by atoms with Crippen LogP contribution >= 0.6 is 0 Å². The van der Waals surface area contributed by atoms with Crippen molar-refractivity contribution in [2.75, 3.05) is 6.54 Å². The number of aliphatic carboxylic acids is 1. The van der Waals surface area contributed by atoms with Crippen LogP contribution in [0.15, 0.2) is 42.7 Å². The van der Waals surface area contributed by atoms with Crippen molar-refractivity contribution in [2.24, 2.45) is 0 Å². The van der Waals surface area contributed by atoms with Gasteiger partial charge < -0.3 is 10.4 Å². The first kappa shape index (κ1) is 13.8. The van der Waals surface area contributed by atoms with Crippen LogP contribution in [0, 0.1) is 0 Å². The lowest BCUT2D eigenvalue weighted by Crippen LogP contribution is -2.25. The van der Waals surface area contributed by atoms with E-state index in [2.05, 4.69) is 10.4 Å². The zero-order valence-electron chi connectivity index (χ0n) is 10.8. The van der Waals surface area contributed by atoms with Gasteiger partial charge in [0, 0.05) is 12.7 Å². The third kappa shape index (κ3) is 3.94. The van der Waals surface area contributed by atoms with Gasteiger partial charge in [0.2, 0.25) is 0 Å². The van der Waals surface area contributed by atoms with Crippen LogP contribution in [0.5, 0.6) is 0 Å². The number of hydrogen-bond acceptors (Lipinski definition) is 3. The summed E-state index contributed by atoms with van der Waals surface area (Å²) in [4.78, 5) is 22.3. The van der Waals surface area contributed by atoms with Gasteiger partial charge in [0.1, 0.15) is 6.54 Å². The molecule has 1 aromatic carbocycles. The van der Waals surface area contributed by atoms with Crippen molar-refractivity contribution in [3.8, 4) is 0 Å². The van der Waals surface area contributed by atoms with Crippen LogP contribution in [0.2, 0.25) is 0 Å². The van der Waals surface area contributed by atoms with Crippen molar-refractivity contribution in [1.29, 1.82) is 0 Å². The van der Waals surface area contributed by atoms with Crippen molar-refractivity contribution in [2.45, 2.75) is 13.0 Å². The van der Waals surface area contributed by atoms with Crippen LogP contribution in [-0.4, -0.2) is 33.3 Å². The van der Waals surface area contributed by atoms with Crippen molar-refractivity contribution >= 4 is 11.9 Å². The normalized spacial score (nSPS) is 10.2. The molecule has 0 aliphatic carbocycles. The fourth-order valence-corrected chi connectivity index (χ4v) is 1.77. The van der Waals surface area contributed by atoms with E-state index < -0.39 is 5.97 Å². The monoisotopic (exact) mass is 273 g/mol. The zero-order chi connectivity index (χ0) is 14.4. The van der Waals surface area contributed by atoms with Crippen LogP contribution in [0.25, 0.3) is 0 Å². The second kappa shape index (κ2) is 6.51. The maximum absolute atomic E-state index is 11.8. The fourth-order valence-electron chi connectivity index (χ4n) is 1.77. The highest BCUT2D eigenvalue weighted by Crippen LogP contribution is 2.00. The molecule has 1 amide bonds. The number of amides is 1. The molecule has 0 saturated carbocycles. The molecule has 104 valence electrons. The maximum Gasteiger partial charge on any atom is 0.325 e. The van der Waals surface area contributed by atoms with Gasteiger partial charge in [-0.25, -0.2) is 0 Å². The van der Waals surface area contributed by atoms with E-state index in [1.807, 2.05) is 30.3 Å². The molecule has 0 spiro atoms.